The maximum atomic E-state index is 10.4. The highest BCUT2D eigenvalue weighted by molar-refractivity contribution is 5.71. The summed E-state index contributed by atoms with van der Waals surface area (Å²) < 4.78 is 5.69. The minimum atomic E-state index is 0.402. The van der Waals surface area contributed by atoms with E-state index in [1.807, 2.05) is 42.5 Å². The summed E-state index contributed by atoms with van der Waals surface area (Å²) >= 11 is 0. The van der Waals surface area contributed by atoms with Gasteiger partial charge in [-0.05, 0) is 35.9 Å². The summed E-state index contributed by atoms with van der Waals surface area (Å²) in [6.07, 6.45) is 4.00. The van der Waals surface area contributed by atoms with Crippen LogP contribution in [-0.4, -0.2) is 21.6 Å². The number of nitrogens with zero attached hydrogens (tertiary/aromatic N) is 2. The van der Waals surface area contributed by atoms with Crippen molar-refractivity contribution < 1.29 is 9.53 Å². The van der Waals surface area contributed by atoms with E-state index >= 15 is 0 Å². The van der Waals surface area contributed by atoms with Crippen molar-refractivity contribution in [1.82, 2.24) is 15.2 Å². The second-order valence-electron chi connectivity index (χ2n) is 4.60. The molecule has 2 heterocycles. The maximum absolute atomic E-state index is 10.4. The number of aromatic nitrogens is 3. The number of hydrogen-bond donors (Lipinski definition) is 2. The Morgan fingerprint density at radius 2 is 2.18 bits per heavy atom. The lowest BCUT2D eigenvalue weighted by Crippen LogP contribution is -1.98. The maximum Gasteiger partial charge on any atom is 0.211 e. The zero-order valence-electron chi connectivity index (χ0n) is 11.7. The van der Waals surface area contributed by atoms with Gasteiger partial charge in [0, 0.05) is 11.9 Å². The minimum absolute atomic E-state index is 0.402. The van der Waals surface area contributed by atoms with Crippen molar-refractivity contribution >= 4 is 12.1 Å². The highest BCUT2D eigenvalue weighted by atomic mass is 16.5. The Labute approximate surface area is 127 Å². The van der Waals surface area contributed by atoms with E-state index in [1.165, 1.54) is 0 Å². The molecule has 3 aromatic rings. The molecular weight excluding hydrogens is 280 g/mol. The topological polar surface area (TPSA) is 79.9 Å². The van der Waals surface area contributed by atoms with Crippen LogP contribution in [0.15, 0.2) is 54.9 Å². The number of hydrogen-bond acceptors (Lipinski definition) is 4. The number of anilines is 1. The van der Waals surface area contributed by atoms with Crippen LogP contribution in [0.1, 0.15) is 5.56 Å². The van der Waals surface area contributed by atoms with Crippen LogP contribution in [0.5, 0.6) is 5.75 Å². The minimum Gasteiger partial charge on any atom is -0.487 e. The van der Waals surface area contributed by atoms with E-state index in [-0.39, 0.29) is 0 Å². The Morgan fingerprint density at radius 3 is 2.91 bits per heavy atom. The highest BCUT2D eigenvalue weighted by Crippen LogP contribution is 2.18. The number of benzene rings is 1. The number of ether oxygens (including phenoxy) is 1. The fourth-order valence-electron chi connectivity index (χ4n) is 2.01. The largest absolute Gasteiger partial charge is 0.487 e. The molecular formula is C16H14N4O2. The molecule has 1 aromatic carbocycles. The van der Waals surface area contributed by atoms with Crippen molar-refractivity contribution in [3.05, 3.63) is 60.4 Å². The first-order chi connectivity index (χ1) is 10.8. The predicted octanol–water partition coefficient (Wildman–Crippen LogP) is 2.62. The van der Waals surface area contributed by atoms with Crippen molar-refractivity contribution in [2.75, 3.05) is 5.32 Å². The SMILES string of the molecule is O=CNc1cccc(COc2ccc(-c3ccn[nH]3)nc2)c1. The van der Waals surface area contributed by atoms with E-state index in [1.54, 1.807) is 12.4 Å². The summed E-state index contributed by atoms with van der Waals surface area (Å²) in [4.78, 5) is 14.8. The molecule has 0 bridgehead atoms. The van der Waals surface area contributed by atoms with Crippen LogP contribution in [0, 0.1) is 0 Å². The van der Waals surface area contributed by atoms with E-state index in [0.717, 1.165) is 22.6 Å². The van der Waals surface area contributed by atoms with E-state index in [2.05, 4.69) is 20.5 Å². The molecule has 2 aromatic heterocycles. The third kappa shape index (κ3) is 3.29. The summed E-state index contributed by atoms with van der Waals surface area (Å²) in [6.45, 7) is 0.402. The van der Waals surface area contributed by atoms with Gasteiger partial charge < -0.3 is 10.1 Å². The summed E-state index contributed by atoms with van der Waals surface area (Å²) in [7, 11) is 0. The molecule has 0 spiro atoms. The van der Waals surface area contributed by atoms with Crippen molar-refractivity contribution in [3.8, 4) is 17.1 Å². The van der Waals surface area contributed by atoms with Gasteiger partial charge >= 0.3 is 0 Å². The van der Waals surface area contributed by atoms with Crippen LogP contribution in [0.3, 0.4) is 0 Å². The van der Waals surface area contributed by atoms with Crippen molar-refractivity contribution in [2.45, 2.75) is 6.61 Å². The first kappa shape index (κ1) is 13.8. The highest BCUT2D eigenvalue weighted by Gasteiger charge is 2.02. The van der Waals surface area contributed by atoms with Crippen LogP contribution in [0.25, 0.3) is 11.4 Å². The van der Waals surface area contributed by atoms with Crippen LogP contribution < -0.4 is 10.1 Å². The van der Waals surface area contributed by atoms with Crippen LogP contribution in [-0.2, 0) is 11.4 Å². The molecule has 0 saturated carbocycles. The number of amides is 1. The van der Waals surface area contributed by atoms with Crippen LogP contribution >= 0.6 is 0 Å². The van der Waals surface area contributed by atoms with Gasteiger partial charge in [-0.25, -0.2) is 0 Å². The quantitative estimate of drug-likeness (QED) is 0.685. The molecule has 6 heteroatoms. The molecule has 0 unspecified atom stereocenters. The van der Waals surface area contributed by atoms with Crippen molar-refractivity contribution in [1.29, 1.82) is 0 Å². The van der Waals surface area contributed by atoms with E-state index in [4.69, 9.17) is 4.74 Å². The number of nitrogens with one attached hydrogen (secondary N) is 2. The Bertz CT molecular complexity index is 739. The smallest absolute Gasteiger partial charge is 0.211 e. The average Bonchev–Trinajstić information content (AvgIpc) is 3.09. The zero-order chi connectivity index (χ0) is 15.2. The number of carbonyl (C=O) groups excluding carboxylic acids is 1. The van der Waals surface area contributed by atoms with Gasteiger partial charge in [-0.15, -0.1) is 0 Å². The fraction of sp³-hybridized carbons (Fsp3) is 0.0625. The number of pyridine rings is 1. The number of rotatable bonds is 6. The normalized spacial score (nSPS) is 10.2. The molecule has 0 aliphatic rings. The van der Waals surface area contributed by atoms with Gasteiger partial charge in [-0.3, -0.25) is 14.9 Å². The average molecular weight is 294 g/mol. The van der Waals surface area contributed by atoms with E-state index < -0.39 is 0 Å². The summed E-state index contributed by atoms with van der Waals surface area (Å²) in [5.74, 6) is 0.678. The molecule has 0 aliphatic heterocycles. The lowest BCUT2D eigenvalue weighted by atomic mass is 10.2. The van der Waals surface area contributed by atoms with Crippen molar-refractivity contribution in [2.24, 2.45) is 0 Å². The first-order valence-corrected chi connectivity index (χ1v) is 6.73. The predicted molar refractivity (Wildman–Crippen MR) is 82.3 cm³/mol. The Hall–Kier alpha value is -3.15. The Balaban J connectivity index is 1.64. The zero-order valence-corrected chi connectivity index (χ0v) is 11.7. The molecule has 0 aliphatic carbocycles. The second-order valence-corrected chi connectivity index (χ2v) is 4.60. The molecule has 0 saturated heterocycles. The van der Waals surface area contributed by atoms with E-state index in [9.17, 15) is 4.79 Å². The van der Waals surface area contributed by atoms with Gasteiger partial charge in [-0.1, -0.05) is 12.1 Å². The molecule has 22 heavy (non-hydrogen) atoms. The molecule has 1 amide bonds. The van der Waals surface area contributed by atoms with Crippen molar-refractivity contribution in [3.63, 3.8) is 0 Å². The molecule has 0 fully saturated rings. The fourth-order valence-corrected chi connectivity index (χ4v) is 2.01. The standard InChI is InChI=1S/C16H14N4O2/c21-11-18-13-3-1-2-12(8-13)10-22-14-4-5-15(17-9-14)16-6-7-19-20-16/h1-9,11H,10H2,(H,18,21)(H,19,20). The van der Waals surface area contributed by atoms with E-state index in [0.29, 0.717) is 18.8 Å². The summed E-state index contributed by atoms with van der Waals surface area (Å²) in [5, 5.41) is 9.36. The summed E-state index contributed by atoms with van der Waals surface area (Å²) in [6, 6.07) is 13.1. The van der Waals surface area contributed by atoms with Gasteiger partial charge in [0.1, 0.15) is 12.4 Å². The number of carbonyl (C=O) groups is 1. The molecule has 0 atom stereocenters. The molecule has 2 N–H and O–H groups in total. The first-order valence-electron chi connectivity index (χ1n) is 6.73. The monoisotopic (exact) mass is 294 g/mol. The molecule has 3 rings (SSSR count). The van der Waals surface area contributed by atoms with Gasteiger partial charge in [0.2, 0.25) is 6.41 Å². The number of H-pyrrole nitrogens is 1. The lowest BCUT2D eigenvalue weighted by molar-refractivity contribution is -0.105. The third-order valence-corrected chi connectivity index (χ3v) is 3.07. The van der Waals surface area contributed by atoms with Gasteiger partial charge in [0.15, 0.2) is 0 Å². The van der Waals surface area contributed by atoms with Crippen LogP contribution in [0.4, 0.5) is 5.69 Å². The molecule has 110 valence electrons. The van der Waals surface area contributed by atoms with Gasteiger partial charge in [0.25, 0.3) is 0 Å². The molecule has 0 radical (unpaired) electrons. The number of aromatic amines is 1. The third-order valence-electron chi connectivity index (χ3n) is 3.07. The van der Waals surface area contributed by atoms with Gasteiger partial charge in [-0.2, -0.15) is 5.10 Å². The van der Waals surface area contributed by atoms with Gasteiger partial charge in [0.05, 0.1) is 17.6 Å². The Morgan fingerprint density at radius 1 is 1.23 bits per heavy atom. The van der Waals surface area contributed by atoms with Crippen LogP contribution in [0.2, 0.25) is 0 Å². The molecule has 6 nitrogen and oxygen atoms in total. The lowest BCUT2D eigenvalue weighted by Gasteiger charge is -2.07. The Kier molecular flexibility index (Phi) is 4.10. The second kappa shape index (κ2) is 6.53. The summed E-state index contributed by atoms with van der Waals surface area (Å²) in [5.41, 5.74) is 3.37.